The van der Waals surface area contributed by atoms with E-state index in [0.29, 0.717) is 4.47 Å². The van der Waals surface area contributed by atoms with E-state index in [2.05, 4.69) is 36.6 Å². The fourth-order valence-corrected chi connectivity index (χ4v) is 8.23. The summed E-state index contributed by atoms with van der Waals surface area (Å²) >= 11 is 6.48. The number of halogens is 2. The minimum atomic E-state index is -4.22. The quantitative estimate of drug-likeness (QED) is 0.417. The molecule has 0 spiro atoms. The van der Waals surface area contributed by atoms with Crippen molar-refractivity contribution in [3.63, 3.8) is 0 Å². The number of allylic oxidation sites excluding steroid dienone is 1. The molecule has 1 aliphatic rings. The highest BCUT2D eigenvalue weighted by molar-refractivity contribution is 9.12. The van der Waals surface area contributed by atoms with Gasteiger partial charge in [-0.2, -0.15) is 4.72 Å². The van der Waals surface area contributed by atoms with E-state index in [9.17, 15) is 17.8 Å². The number of ketones is 1. The van der Waals surface area contributed by atoms with Gasteiger partial charge in [-0.25, -0.2) is 8.42 Å². The first-order valence-corrected chi connectivity index (χ1v) is 13.9. The summed E-state index contributed by atoms with van der Waals surface area (Å²) in [5, 5.41) is -1.96. The molecule has 1 aliphatic carbocycles. The first kappa shape index (κ1) is 24.5. The number of hydrogen-bond donors (Lipinski definition) is 1. The van der Waals surface area contributed by atoms with E-state index in [1.54, 1.807) is 38.1 Å². The number of carbonyl (C=O) groups excluding carboxylic acids is 1. The van der Waals surface area contributed by atoms with Crippen molar-refractivity contribution >= 4 is 55.3 Å². The maximum Gasteiger partial charge on any atom is 0.360 e. The molecule has 7 nitrogen and oxygen atoms in total. The normalized spacial score (nSPS) is 19.1. The molecule has 0 fully saturated rings. The molecule has 2 aromatic rings. The van der Waals surface area contributed by atoms with E-state index >= 15 is 0 Å². The molecule has 3 rings (SSSR count). The monoisotopic (exact) mass is 591 g/mol. The summed E-state index contributed by atoms with van der Waals surface area (Å²) in [4.78, 5) is 12.7. The largest absolute Gasteiger partial charge is 0.360 e. The summed E-state index contributed by atoms with van der Waals surface area (Å²) in [5.74, 6) is -0.367. The van der Waals surface area contributed by atoms with E-state index in [1.165, 1.54) is 30.3 Å². The Hall–Kier alpha value is -1.13. The third kappa shape index (κ3) is 4.53. The van der Waals surface area contributed by atoms with Gasteiger partial charge in [-0.1, -0.05) is 40.2 Å². The zero-order valence-corrected chi connectivity index (χ0v) is 21.6. The first-order valence-electron chi connectivity index (χ1n) is 9.31. The molecule has 0 aliphatic heterocycles. The lowest BCUT2D eigenvalue weighted by molar-refractivity contribution is 0.103. The van der Waals surface area contributed by atoms with Gasteiger partial charge in [0, 0.05) is 15.6 Å². The van der Waals surface area contributed by atoms with E-state index in [4.69, 9.17) is 9.05 Å². The van der Waals surface area contributed by atoms with Crippen LogP contribution in [0.2, 0.25) is 0 Å². The van der Waals surface area contributed by atoms with Crippen molar-refractivity contribution in [3.8, 4) is 0 Å². The minimum absolute atomic E-state index is 0.000607. The number of Topliss-reactive ketones (excluding diaryl/α,β-unsaturated/α-hetero) is 1. The van der Waals surface area contributed by atoms with Crippen LogP contribution in [0.1, 0.15) is 29.8 Å². The smallest absolute Gasteiger partial charge is 0.307 e. The molecule has 166 valence electrons. The van der Waals surface area contributed by atoms with Crippen molar-refractivity contribution in [3.05, 3.63) is 74.7 Å². The van der Waals surface area contributed by atoms with E-state index in [1.807, 2.05) is 0 Å². The Bertz CT molecular complexity index is 1170. The summed E-state index contributed by atoms with van der Waals surface area (Å²) in [6.45, 7) is 3.25. The molecule has 0 saturated carbocycles. The average Bonchev–Trinajstić information content (AvgIpc) is 2.72. The van der Waals surface area contributed by atoms with Gasteiger partial charge in [-0.05, 0) is 60.1 Å². The second-order valence-corrected chi connectivity index (χ2v) is 12.2. The molecule has 0 bridgehead atoms. The molecule has 11 heteroatoms. The molecule has 0 amide bonds. The van der Waals surface area contributed by atoms with Crippen molar-refractivity contribution in [2.45, 2.75) is 24.0 Å². The van der Waals surface area contributed by atoms with Crippen LogP contribution in [0.15, 0.2) is 68.5 Å². The van der Waals surface area contributed by atoms with Crippen LogP contribution in [0.3, 0.4) is 0 Å². The zero-order valence-electron chi connectivity index (χ0n) is 16.7. The van der Waals surface area contributed by atoms with Gasteiger partial charge in [-0.15, -0.1) is 0 Å². The minimum Gasteiger partial charge on any atom is -0.307 e. The number of fused-ring (bicyclic) bond motifs is 1. The predicted octanol–water partition coefficient (Wildman–Crippen LogP) is 5.32. The van der Waals surface area contributed by atoms with Gasteiger partial charge >= 0.3 is 7.60 Å². The Morgan fingerprint density at radius 1 is 1.00 bits per heavy atom. The van der Waals surface area contributed by atoms with Gasteiger partial charge < -0.3 is 9.05 Å². The van der Waals surface area contributed by atoms with Crippen molar-refractivity contribution in [1.82, 2.24) is 4.72 Å². The van der Waals surface area contributed by atoms with Gasteiger partial charge in [0.05, 0.1) is 22.6 Å². The van der Waals surface area contributed by atoms with Crippen LogP contribution in [-0.2, 0) is 28.9 Å². The summed E-state index contributed by atoms with van der Waals surface area (Å²) in [6.07, 6.45) is 1.26. The summed E-state index contributed by atoms with van der Waals surface area (Å²) in [7, 11) is -8.42. The third-order valence-electron chi connectivity index (χ3n) is 4.58. The predicted molar refractivity (Wildman–Crippen MR) is 125 cm³/mol. The Labute approximate surface area is 198 Å². The van der Waals surface area contributed by atoms with Crippen molar-refractivity contribution in [2.75, 3.05) is 13.2 Å². The molecular formula is C20H20Br2NO6PS. The highest BCUT2D eigenvalue weighted by Gasteiger charge is 2.57. The van der Waals surface area contributed by atoms with Gasteiger partial charge in [0.15, 0.2) is 11.1 Å². The maximum absolute atomic E-state index is 14.1. The lowest BCUT2D eigenvalue weighted by Gasteiger charge is -2.40. The molecule has 0 heterocycles. The van der Waals surface area contributed by atoms with Crippen molar-refractivity contribution < 1.29 is 26.8 Å². The number of benzene rings is 2. The third-order valence-corrected chi connectivity index (χ3v) is 9.87. The lowest BCUT2D eigenvalue weighted by Crippen LogP contribution is -2.47. The fraction of sp³-hybridized carbons (Fsp3) is 0.250. The Kier molecular flexibility index (Phi) is 7.42. The van der Waals surface area contributed by atoms with E-state index in [-0.39, 0.29) is 39.5 Å². The zero-order chi connectivity index (χ0) is 22.9. The molecule has 31 heavy (non-hydrogen) atoms. The first-order chi connectivity index (χ1) is 14.6. The SMILES string of the molecule is CCOP(=O)(OCC)C1(NS(=O)(=O)c2ccc(Br)cc2)C=C(Br)C(=O)c2ccccc21. The van der Waals surface area contributed by atoms with Crippen LogP contribution < -0.4 is 4.72 Å². The van der Waals surface area contributed by atoms with E-state index in [0.717, 1.165) is 0 Å². The van der Waals surface area contributed by atoms with Crippen LogP contribution in [0.4, 0.5) is 0 Å². The second-order valence-electron chi connectivity index (χ2n) is 6.53. The summed E-state index contributed by atoms with van der Waals surface area (Å²) in [5.41, 5.74) is 0.379. The molecule has 2 aromatic carbocycles. The Morgan fingerprint density at radius 3 is 2.16 bits per heavy atom. The number of carbonyl (C=O) groups is 1. The van der Waals surface area contributed by atoms with Crippen LogP contribution in [0.5, 0.6) is 0 Å². The van der Waals surface area contributed by atoms with Crippen LogP contribution in [-0.4, -0.2) is 27.4 Å². The lowest BCUT2D eigenvalue weighted by atomic mass is 9.92. The fourth-order valence-electron chi connectivity index (χ4n) is 3.29. The van der Waals surface area contributed by atoms with Gasteiger partial charge in [-0.3, -0.25) is 9.36 Å². The molecular weight excluding hydrogens is 573 g/mol. The van der Waals surface area contributed by atoms with Crippen LogP contribution in [0, 0.1) is 0 Å². The maximum atomic E-state index is 14.1. The van der Waals surface area contributed by atoms with Crippen LogP contribution >= 0.6 is 39.5 Å². The van der Waals surface area contributed by atoms with Crippen molar-refractivity contribution in [1.29, 1.82) is 0 Å². The van der Waals surface area contributed by atoms with Gasteiger partial charge in [0.25, 0.3) is 0 Å². The molecule has 1 N–H and O–H groups in total. The number of hydrogen-bond acceptors (Lipinski definition) is 6. The Morgan fingerprint density at radius 2 is 1.58 bits per heavy atom. The average molecular weight is 593 g/mol. The molecule has 0 saturated heterocycles. The number of nitrogens with one attached hydrogen (secondary N) is 1. The van der Waals surface area contributed by atoms with Gasteiger partial charge in [0.1, 0.15) is 0 Å². The Balaban J connectivity index is 2.32. The topological polar surface area (TPSA) is 98.8 Å². The highest BCUT2D eigenvalue weighted by Crippen LogP contribution is 2.66. The molecule has 0 aromatic heterocycles. The molecule has 1 atom stereocenters. The summed E-state index contributed by atoms with van der Waals surface area (Å²) < 4.78 is 55.3. The van der Waals surface area contributed by atoms with Crippen molar-refractivity contribution in [2.24, 2.45) is 0 Å². The number of sulfonamides is 1. The van der Waals surface area contributed by atoms with Crippen LogP contribution in [0.25, 0.3) is 0 Å². The molecule has 0 radical (unpaired) electrons. The standard InChI is InChI=1S/C20H20Br2NO6PS/c1-3-28-30(25,29-4-2)20(23-31(26,27)15-11-9-14(21)10-12-15)13-18(22)19(24)16-7-5-6-8-17(16)20/h5-13,23H,3-4H2,1-2H3. The molecule has 1 unspecified atom stereocenters. The highest BCUT2D eigenvalue weighted by atomic mass is 79.9. The summed E-state index contributed by atoms with van der Waals surface area (Å²) in [6, 6.07) is 12.3. The van der Waals surface area contributed by atoms with E-state index < -0.39 is 22.9 Å². The van der Waals surface area contributed by atoms with Gasteiger partial charge in [0.2, 0.25) is 10.0 Å². The number of rotatable bonds is 8. The second kappa shape index (κ2) is 9.39.